The molecule has 6 nitrogen and oxygen atoms in total. The molecule has 0 bridgehead atoms. The summed E-state index contributed by atoms with van der Waals surface area (Å²) in [5, 5.41) is 12.1. The molecule has 20 heavy (non-hydrogen) atoms. The van der Waals surface area contributed by atoms with Gasteiger partial charge in [0.1, 0.15) is 6.04 Å². The standard InChI is InChI=1S/C14H18N2O4/c1-20-13(17)12(10-5-3-2-4-6-10)15-11-7-8-16(9-11)14(18)19/h2-6,11-12,15H,7-9H2,1H3,(H,18,19)/t11-,12?/m0/s1. The molecule has 1 aliphatic heterocycles. The molecule has 1 unspecified atom stereocenters. The number of benzene rings is 1. The summed E-state index contributed by atoms with van der Waals surface area (Å²) in [5.74, 6) is -0.370. The summed E-state index contributed by atoms with van der Waals surface area (Å²) in [4.78, 5) is 24.1. The Hall–Kier alpha value is -2.08. The van der Waals surface area contributed by atoms with E-state index in [1.807, 2.05) is 30.3 Å². The average Bonchev–Trinajstić information content (AvgIpc) is 2.94. The highest BCUT2D eigenvalue weighted by Gasteiger charge is 2.30. The lowest BCUT2D eigenvalue weighted by atomic mass is 10.1. The van der Waals surface area contributed by atoms with Crippen LogP contribution in [-0.2, 0) is 9.53 Å². The van der Waals surface area contributed by atoms with E-state index in [1.54, 1.807) is 0 Å². The molecule has 1 heterocycles. The second kappa shape index (κ2) is 6.38. The third-order valence-corrected chi connectivity index (χ3v) is 3.43. The maximum atomic E-state index is 11.9. The third kappa shape index (κ3) is 3.27. The van der Waals surface area contributed by atoms with E-state index in [2.05, 4.69) is 5.32 Å². The molecule has 6 heteroatoms. The Morgan fingerprint density at radius 1 is 1.40 bits per heavy atom. The predicted molar refractivity (Wildman–Crippen MR) is 72.3 cm³/mol. The molecule has 0 saturated carbocycles. The van der Waals surface area contributed by atoms with Crippen LogP contribution in [0, 0.1) is 0 Å². The van der Waals surface area contributed by atoms with E-state index in [0.717, 1.165) is 5.56 Å². The molecule has 2 atom stereocenters. The van der Waals surface area contributed by atoms with Crippen LogP contribution in [0.25, 0.3) is 0 Å². The van der Waals surface area contributed by atoms with Gasteiger partial charge in [-0.05, 0) is 12.0 Å². The third-order valence-electron chi connectivity index (χ3n) is 3.43. The molecule has 0 spiro atoms. The van der Waals surface area contributed by atoms with Gasteiger partial charge in [0, 0.05) is 19.1 Å². The first-order valence-corrected chi connectivity index (χ1v) is 6.48. The number of carboxylic acid groups (broad SMARTS) is 1. The second-order valence-electron chi connectivity index (χ2n) is 4.75. The van der Waals surface area contributed by atoms with Crippen molar-refractivity contribution in [3.05, 3.63) is 35.9 Å². The molecule has 1 aromatic carbocycles. The van der Waals surface area contributed by atoms with Crippen LogP contribution in [0.1, 0.15) is 18.0 Å². The van der Waals surface area contributed by atoms with E-state index < -0.39 is 12.1 Å². The van der Waals surface area contributed by atoms with Crippen LogP contribution in [0.3, 0.4) is 0 Å². The zero-order valence-corrected chi connectivity index (χ0v) is 11.3. The van der Waals surface area contributed by atoms with Crippen molar-refractivity contribution in [2.45, 2.75) is 18.5 Å². The molecule has 0 aliphatic carbocycles. The first kappa shape index (κ1) is 14.3. The van der Waals surface area contributed by atoms with Crippen molar-refractivity contribution in [1.29, 1.82) is 0 Å². The van der Waals surface area contributed by atoms with E-state index in [4.69, 9.17) is 9.84 Å². The van der Waals surface area contributed by atoms with Crippen molar-refractivity contribution < 1.29 is 19.4 Å². The Kier molecular flexibility index (Phi) is 4.57. The van der Waals surface area contributed by atoms with Gasteiger partial charge >= 0.3 is 12.1 Å². The number of amides is 1. The van der Waals surface area contributed by atoms with Crippen LogP contribution >= 0.6 is 0 Å². The summed E-state index contributed by atoms with van der Waals surface area (Å²) in [7, 11) is 1.35. The van der Waals surface area contributed by atoms with Crippen LogP contribution in [0.4, 0.5) is 4.79 Å². The Morgan fingerprint density at radius 3 is 2.65 bits per heavy atom. The molecule has 0 aromatic heterocycles. The lowest BCUT2D eigenvalue weighted by molar-refractivity contribution is -0.143. The Balaban J connectivity index is 2.06. The lowest BCUT2D eigenvalue weighted by Gasteiger charge is -2.21. The van der Waals surface area contributed by atoms with Crippen LogP contribution in [-0.4, -0.2) is 48.3 Å². The Bertz CT molecular complexity index is 477. The van der Waals surface area contributed by atoms with E-state index in [9.17, 15) is 9.59 Å². The highest BCUT2D eigenvalue weighted by Crippen LogP contribution is 2.18. The first-order valence-electron chi connectivity index (χ1n) is 6.48. The van der Waals surface area contributed by atoms with Crippen molar-refractivity contribution in [3.63, 3.8) is 0 Å². The molecule has 1 aromatic rings. The van der Waals surface area contributed by atoms with Gasteiger partial charge in [-0.25, -0.2) is 9.59 Å². The van der Waals surface area contributed by atoms with E-state index in [-0.39, 0.29) is 12.0 Å². The lowest BCUT2D eigenvalue weighted by Crippen LogP contribution is -2.40. The summed E-state index contributed by atoms with van der Waals surface area (Å²) < 4.78 is 4.82. The van der Waals surface area contributed by atoms with Gasteiger partial charge < -0.3 is 14.7 Å². The number of hydrogen-bond donors (Lipinski definition) is 2. The van der Waals surface area contributed by atoms with Gasteiger partial charge in [-0.3, -0.25) is 5.32 Å². The summed E-state index contributed by atoms with van der Waals surface area (Å²) >= 11 is 0. The SMILES string of the molecule is COC(=O)C(N[C@H]1CCN(C(=O)O)C1)c1ccccc1. The van der Waals surface area contributed by atoms with Gasteiger partial charge in [0.25, 0.3) is 0 Å². The summed E-state index contributed by atoms with van der Waals surface area (Å²) in [5.41, 5.74) is 0.813. The number of nitrogens with zero attached hydrogens (tertiary/aromatic N) is 1. The molecule has 2 rings (SSSR count). The number of rotatable bonds is 4. The molecule has 1 fully saturated rings. The molecule has 1 amide bonds. The monoisotopic (exact) mass is 278 g/mol. The second-order valence-corrected chi connectivity index (χ2v) is 4.75. The van der Waals surface area contributed by atoms with Crippen molar-refractivity contribution in [1.82, 2.24) is 10.2 Å². The smallest absolute Gasteiger partial charge is 0.407 e. The zero-order valence-electron chi connectivity index (χ0n) is 11.3. The zero-order chi connectivity index (χ0) is 14.5. The number of esters is 1. The highest BCUT2D eigenvalue weighted by molar-refractivity contribution is 5.77. The van der Waals surface area contributed by atoms with E-state index in [0.29, 0.717) is 19.5 Å². The molecular weight excluding hydrogens is 260 g/mol. The Labute approximate surface area is 117 Å². The van der Waals surface area contributed by atoms with Crippen LogP contribution in [0.5, 0.6) is 0 Å². The molecule has 0 radical (unpaired) electrons. The minimum Gasteiger partial charge on any atom is -0.468 e. The van der Waals surface area contributed by atoms with Crippen molar-refractivity contribution in [2.75, 3.05) is 20.2 Å². The van der Waals surface area contributed by atoms with Crippen LogP contribution < -0.4 is 5.32 Å². The van der Waals surface area contributed by atoms with Crippen LogP contribution in [0.2, 0.25) is 0 Å². The maximum Gasteiger partial charge on any atom is 0.407 e. The largest absolute Gasteiger partial charge is 0.468 e. The summed E-state index contributed by atoms with van der Waals surface area (Å²) in [6, 6.07) is 8.66. The fraction of sp³-hybridized carbons (Fsp3) is 0.429. The number of nitrogens with one attached hydrogen (secondary N) is 1. The molecule has 1 aliphatic rings. The van der Waals surface area contributed by atoms with Crippen LogP contribution in [0.15, 0.2) is 30.3 Å². The number of ether oxygens (including phenoxy) is 1. The van der Waals surface area contributed by atoms with Gasteiger partial charge in [-0.2, -0.15) is 0 Å². The number of carbonyl (C=O) groups excluding carboxylic acids is 1. The average molecular weight is 278 g/mol. The van der Waals surface area contributed by atoms with E-state index >= 15 is 0 Å². The minimum atomic E-state index is -0.927. The fourth-order valence-corrected chi connectivity index (χ4v) is 2.37. The van der Waals surface area contributed by atoms with Gasteiger partial charge in [-0.15, -0.1) is 0 Å². The van der Waals surface area contributed by atoms with Gasteiger partial charge in [0.05, 0.1) is 7.11 Å². The molecular formula is C14H18N2O4. The number of likely N-dealkylation sites (tertiary alicyclic amines) is 1. The van der Waals surface area contributed by atoms with Gasteiger partial charge in [0.15, 0.2) is 0 Å². The normalized spacial score (nSPS) is 19.6. The van der Waals surface area contributed by atoms with Gasteiger partial charge in [-0.1, -0.05) is 30.3 Å². The molecule has 108 valence electrons. The van der Waals surface area contributed by atoms with Crippen molar-refractivity contribution in [2.24, 2.45) is 0 Å². The summed E-state index contributed by atoms with van der Waals surface area (Å²) in [6.07, 6.45) is -0.240. The van der Waals surface area contributed by atoms with Gasteiger partial charge in [0.2, 0.25) is 0 Å². The highest BCUT2D eigenvalue weighted by atomic mass is 16.5. The predicted octanol–water partition coefficient (Wildman–Crippen LogP) is 1.24. The number of carbonyl (C=O) groups is 2. The van der Waals surface area contributed by atoms with E-state index in [1.165, 1.54) is 12.0 Å². The minimum absolute atomic E-state index is 0.0459. The summed E-state index contributed by atoms with van der Waals surface area (Å²) in [6.45, 7) is 0.866. The fourth-order valence-electron chi connectivity index (χ4n) is 2.37. The van der Waals surface area contributed by atoms with Crippen molar-refractivity contribution >= 4 is 12.1 Å². The maximum absolute atomic E-state index is 11.9. The molecule has 2 N–H and O–H groups in total. The Morgan fingerprint density at radius 2 is 2.10 bits per heavy atom. The molecule has 1 saturated heterocycles. The number of hydrogen-bond acceptors (Lipinski definition) is 4. The quantitative estimate of drug-likeness (QED) is 0.810. The first-order chi connectivity index (χ1) is 9.61. The van der Waals surface area contributed by atoms with Crippen molar-refractivity contribution in [3.8, 4) is 0 Å². The topological polar surface area (TPSA) is 78.9 Å². The number of methoxy groups -OCH3 is 1.